The lowest BCUT2D eigenvalue weighted by Gasteiger charge is -2.36. The number of aliphatic imine (C=N–C) groups is 1. The van der Waals surface area contributed by atoms with E-state index in [0.717, 1.165) is 48.2 Å². The minimum absolute atomic E-state index is 0. The molecule has 9 heteroatoms. The van der Waals surface area contributed by atoms with Crippen molar-refractivity contribution in [3.63, 3.8) is 0 Å². The van der Waals surface area contributed by atoms with E-state index in [4.69, 9.17) is 17.3 Å². The number of rotatable bonds is 4. The molecule has 0 radical (unpaired) electrons. The smallest absolute Gasteiger partial charge is 0.191 e. The zero-order valence-corrected chi connectivity index (χ0v) is 18.9. The van der Waals surface area contributed by atoms with Crippen LogP contribution in [0.5, 0.6) is 0 Å². The zero-order valence-electron chi connectivity index (χ0n) is 15.8. The third-order valence-corrected chi connectivity index (χ3v) is 5.09. The second-order valence-corrected chi connectivity index (χ2v) is 7.10. The van der Waals surface area contributed by atoms with Crippen molar-refractivity contribution in [1.29, 1.82) is 0 Å². The van der Waals surface area contributed by atoms with Crippen LogP contribution in [0.15, 0.2) is 59.9 Å². The van der Waals surface area contributed by atoms with Gasteiger partial charge < -0.3 is 15.5 Å². The van der Waals surface area contributed by atoms with Crippen molar-refractivity contribution in [2.45, 2.75) is 6.54 Å². The molecular weight excluding hydrogens is 501 g/mol. The van der Waals surface area contributed by atoms with E-state index in [0.29, 0.717) is 12.5 Å². The van der Waals surface area contributed by atoms with Crippen LogP contribution in [0.4, 0.5) is 5.69 Å². The molecule has 0 saturated carbocycles. The first-order valence-electron chi connectivity index (χ1n) is 9.19. The summed E-state index contributed by atoms with van der Waals surface area (Å²) in [5.74, 6) is 1.33. The number of nitrogens with two attached hydrogens (primary N) is 1. The molecule has 1 aliphatic rings. The summed E-state index contributed by atoms with van der Waals surface area (Å²) in [6.07, 6.45) is 1.50. The largest absolute Gasteiger partial charge is 0.370 e. The van der Waals surface area contributed by atoms with E-state index >= 15 is 0 Å². The highest BCUT2D eigenvalue weighted by Crippen LogP contribution is 2.20. The quantitative estimate of drug-likeness (QED) is 0.311. The van der Waals surface area contributed by atoms with Crippen molar-refractivity contribution in [3.8, 4) is 11.4 Å². The lowest BCUT2D eigenvalue weighted by Crippen LogP contribution is -2.51. The van der Waals surface area contributed by atoms with Crippen molar-refractivity contribution < 1.29 is 0 Å². The van der Waals surface area contributed by atoms with Crippen LogP contribution in [-0.4, -0.2) is 52.2 Å². The molecule has 3 aromatic rings. The molecule has 29 heavy (non-hydrogen) atoms. The van der Waals surface area contributed by atoms with Crippen LogP contribution in [0.25, 0.3) is 11.4 Å². The SMILES string of the molecule is I.NC(=NCc1cccc(-c2ncn[nH]2)c1)N1CCN(c2ccc(Cl)cc2)CC1. The fraction of sp³-hybridized carbons (Fsp3) is 0.250. The van der Waals surface area contributed by atoms with Gasteiger partial charge in [0.25, 0.3) is 0 Å². The van der Waals surface area contributed by atoms with Gasteiger partial charge in [-0.1, -0.05) is 29.8 Å². The Balaban J connectivity index is 0.00000240. The predicted octanol–water partition coefficient (Wildman–Crippen LogP) is 3.38. The second kappa shape index (κ2) is 9.93. The average Bonchev–Trinajstić information content (AvgIpc) is 3.28. The van der Waals surface area contributed by atoms with Crippen LogP contribution in [0, 0.1) is 0 Å². The van der Waals surface area contributed by atoms with Crippen LogP contribution in [0.3, 0.4) is 0 Å². The fourth-order valence-electron chi connectivity index (χ4n) is 3.28. The molecule has 1 saturated heterocycles. The molecule has 1 aliphatic heterocycles. The van der Waals surface area contributed by atoms with E-state index in [1.54, 1.807) is 0 Å². The maximum absolute atomic E-state index is 6.24. The molecule has 0 aliphatic carbocycles. The van der Waals surface area contributed by atoms with Crippen molar-refractivity contribution >= 4 is 47.2 Å². The van der Waals surface area contributed by atoms with Crippen molar-refractivity contribution in [1.82, 2.24) is 20.1 Å². The number of anilines is 1. The summed E-state index contributed by atoms with van der Waals surface area (Å²) in [5, 5.41) is 7.53. The Bertz CT molecular complexity index is 936. The average molecular weight is 524 g/mol. The van der Waals surface area contributed by atoms with Crippen LogP contribution in [0.1, 0.15) is 5.56 Å². The van der Waals surface area contributed by atoms with Gasteiger partial charge in [0.2, 0.25) is 0 Å². The Hall–Kier alpha value is -2.33. The Morgan fingerprint density at radius 3 is 2.55 bits per heavy atom. The number of H-pyrrole nitrogens is 1. The molecule has 1 fully saturated rings. The van der Waals surface area contributed by atoms with Crippen LogP contribution in [0.2, 0.25) is 5.02 Å². The maximum atomic E-state index is 6.24. The number of hydrogen-bond donors (Lipinski definition) is 2. The molecule has 0 amide bonds. The highest BCUT2D eigenvalue weighted by Gasteiger charge is 2.18. The Morgan fingerprint density at radius 2 is 1.86 bits per heavy atom. The normalized spacial score (nSPS) is 14.6. The van der Waals surface area contributed by atoms with Gasteiger partial charge in [0.15, 0.2) is 11.8 Å². The van der Waals surface area contributed by atoms with E-state index in [1.807, 2.05) is 30.3 Å². The third kappa shape index (κ3) is 5.39. The summed E-state index contributed by atoms with van der Waals surface area (Å²) in [7, 11) is 0. The van der Waals surface area contributed by atoms with Gasteiger partial charge >= 0.3 is 0 Å². The lowest BCUT2D eigenvalue weighted by atomic mass is 10.1. The molecular formula is C20H23ClIN7. The van der Waals surface area contributed by atoms with Gasteiger partial charge in [0, 0.05) is 42.5 Å². The summed E-state index contributed by atoms with van der Waals surface area (Å²) in [4.78, 5) is 13.2. The molecule has 0 unspecified atom stereocenters. The van der Waals surface area contributed by atoms with Crippen LogP contribution >= 0.6 is 35.6 Å². The van der Waals surface area contributed by atoms with Crippen LogP contribution < -0.4 is 10.6 Å². The predicted molar refractivity (Wildman–Crippen MR) is 128 cm³/mol. The maximum Gasteiger partial charge on any atom is 0.191 e. The van der Waals surface area contributed by atoms with E-state index in [9.17, 15) is 0 Å². The summed E-state index contributed by atoms with van der Waals surface area (Å²) in [6.45, 7) is 4.02. The number of guanidine groups is 1. The molecule has 0 atom stereocenters. The van der Waals surface area contributed by atoms with Gasteiger partial charge in [-0.3, -0.25) is 5.10 Å². The third-order valence-electron chi connectivity index (χ3n) is 4.83. The summed E-state index contributed by atoms with van der Waals surface area (Å²) < 4.78 is 0. The Morgan fingerprint density at radius 1 is 1.10 bits per heavy atom. The van der Waals surface area contributed by atoms with Crippen molar-refractivity contribution in [3.05, 3.63) is 65.4 Å². The molecule has 4 rings (SSSR count). The molecule has 1 aromatic heterocycles. The number of nitrogens with zero attached hydrogens (tertiary/aromatic N) is 5. The molecule has 152 valence electrons. The molecule has 2 heterocycles. The summed E-state index contributed by atoms with van der Waals surface area (Å²) >= 11 is 5.97. The molecule has 0 bridgehead atoms. The van der Waals surface area contributed by atoms with Gasteiger partial charge in [-0.05, 0) is 35.9 Å². The van der Waals surface area contributed by atoms with E-state index in [2.05, 4.69) is 48.2 Å². The molecule has 0 spiro atoms. The van der Waals surface area contributed by atoms with Gasteiger partial charge in [-0.25, -0.2) is 9.98 Å². The first-order valence-corrected chi connectivity index (χ1v) is 9.57. The van der Waals surface area contributed by atoms with E-state index < -0.39 is 0 Å². The van der Waals surface area contributed by atoms with Gasteiger partial charge in [0.05, 0.1) is 6.54 Å². The van der Waals surface area contributed by atoms with Crippen molar-refractivity contribution in [2.75, 3.05) is 31.1 Å². The summed E-state index contributed by atoms with van der Waals surface area (Å²) in [5.41, 5.74) is 9.50. The number of nitrogens with one attached hydrogen (secondary N) is 1. The molecule has 2 aromatic carbocycles. The highest BCUT2D eigenvalue weighted by molar-refractivity contribution is 14.0. The monoisotopic (exact) mass is 523 g/mol. The first-order chi connectivity index (χ1) is 13.7. The number of aromatic nitrogens is 3. The number of halogens is 2. The van der Waals surface area contributed by atoms with Gasteiger partial charge in [0.1, 0.15) is 6.33 Å². The van der Waals surface area contributed by atoms with Gasteiger partial charge in [-0.2, -0.15) is 5.10 Å². The van der Waals surface area contributed by atoms with Crippen LogP contribution in [-0.2, 0) is 6.54 Å². The molecule has 3 N–H and O–H groups in total. The Labute approximate surface area is 192 Å². The zero-order chi connectivity index (χ0) is 19.3. The number of piperazine rings is 1. The minimum atomic E-state index is 0. The highest BCUT2D eigenvalue weighted by atomic mass is 127. The minimum Gasteiger partial charge on any atom is -0.370 e. The number of benzene rings is 2. The Kier molecular flexibility index (Phi) is 7.32. The second-order valence-electron chi connectivity index (χ2n) is 6.66. The van der Waals surface area contributed by atoms with E-state index in [1.165, 1.54) is 12.0 Å². The van der Waals surface area contributed by atoms with Crippen molar-refractivity contribution in [2.24, 2.45) is 10.7 Å². The lowest BCUT2D eigenvalue weighted by molar-refractivity contribution is 0.380. The standard InChI is InChI=1S/C20H22ClN7.HI/c21-17-4-6-18(7-5-17)27-8-10-28(11-9-27)20(22)23-13-15-2-1-3-16(12-15)19-24-14-25-26-19;/h1-7,12,14H,8-11,13H2,(H2,22,23)(H,24,25,26);1H. The topological polar surface area (TPSA) is 86.4 Å². The van der Waals surface area contributed by atoms with E-state index in [-0.39, 0.29) is 24.0 Å². The fourth-order valence-corrected chi connectivity index (χ4v) is 3.41. The first kappa shape index (κ1) is 21.4. The number of hydrogen-bond acceptors (Lipinski definition) is 4. The number of aromatic amines is 1. The summed E-state index contributed by atoms with van der Waals surface area (Å²) in [6, 6.07) is 16.0. The molecule has 7 nitrogen and oxygen atoms in total. The van der Waals surface area contributed by atoms with Gasteiger partial charge in [-0.15, -0.1) is 24.0 Å².